The lowest BCUT2D eigenvalue weighted by atomic mass is 10.0. The summed E-state index contributed by atoms with van der Waals surface area (Å²) in [5.74, 6) is -1.79. The normalized spacial score (nSPS) is 23.5. The van der Waals surface area contributed by atoms with E-state index in [0.717, 1.165) is 0 Å². The van der Waals surface area contributed by atoms with E-state index < -0.39 is 69.1 Å². The van der Waals surface area contributed by atoms with Gasteiger partial charge in [-0.1, -0.05) is 18.2 Å². The highest BCUT2D eigenvalue weighted by molar-refractivity contribution is 7.52. The molecule has 2 aromatic heterocycles. The van der Waals surface area contributed by atoms with Crippen LogP contribution in [0.2, 0.25) is 0 Å². The Balaban J connectivity index is 1.55. The van der Waals surface area contributed by atoms with E-state index in [1.54, 1.807) is 32.0 Å². The zero-order valence-electron chi connectivity index (χ0n) is 21.4. The maximum Gasteiger partial charge on any atom is 0.459 e. The van der Waals surface area contributed by atoms with Gasteiger partial charge in [0.1, 0.15) is 17.9 Å². The fraction of sp³-hybridized carbons (Fsp3) is 0.478. The Bertz CT molecular complexity index is 1400. The van der Waals surface area contributed by atoms with Gasteiger partial charge in [-0.05, 0) is 32.9 Å². The summed E-state index contributed by atoms with van der Waals surface area (Å²) in [7, 11) is -4.26. The van der Waals surface area contributed by atoms with Gasteiger partial charge < -0.3 is 24.8 Å². The highest BCUT2D eigenvalue weighted by atomic mass is 31.2. The number of ether oxygens (including phenoxy) is 2. The summed E-state index contributed by atoms with van der Waals surface area (Å²) < 4.78 is 51.3. The number of nitrogens with zero attached hydrogens (tertiary/aromatic N) is 3. The molecule has 0 amide bonds. The van der Waals surface area contributed by atoms with Gasteiger partial charge in [-0.3, -0.25) is 28.1 Å². The summed E-state index contributed by atoms with van der Waals surface area (Å²) in [5.41, 5.74) is 5.01. The number of benzene rings is 1. The van der Waals surface area contributed by atoms with Crippen molar-refractivity contribution in [3.63, 3.8) is 0 Å². The van der Waals surface area contributed by atoms with Crippen LogP contribution in [0.4, 0.5) is 10.3 Å². The van der Waals surface area contributed by atoms with Gasteiger partial charge in [0.15, 0.2) is 17.4 Å². The number of anilines is 1. The molecule has 6 atom stereocenters. The number of H-pyrrole nitrogens is 1. The van der Waals surface area contributed by atoms with Crippen LogP contribution < -0.4 is 20.9 Å². The van der Waals surface area contributed by atoms with Crippen LogP contribution in [-0.2, 0) is 23.4 Å². The minimum atomic E-state index is -4.26. The molecule has 0 bridgehead atoms. The van der Waals surface area contributed by atoms with Gasteiger partial charge in [-0.15, -0.1) is 0 Å². The van der Waals surface area contributed by atoms with Crippen molar-refractivity contribution < 1.29 is 37.4 Å². The van der Waals surface area contributed by atoms with Crippen LogP contribution in [0.5, 0.6) is 5.75 Å². The number of alkyl halides is 1. The number of nitrogens with two attached hydrogens (primary N) is 1. The molecule has 39 heavy (non-hydrogen) atoms. The molecular weight excluding hydrogens is 538 g/mol. The number of aliphatic hydroxyl groups is 1. The first-order chi connectivity index (χ1) is 18.5. The molecule has 1 aliphatic rings. The van der Waals surface area contributed by atoms with E-state index in [9.17, 15) is 23.7 Å². The van der Waals surface area contributed by atoms with Crippen LogP contribution in [0.3, 0.4) is 0 Å². The number of rotatable bonds is 11. The Labute approximate surface area is 222 Å². The fourth-order valence-corrected chi connectivity index (χ4v) is 5.51. The molecule has 0 radical (unpaired) electrons. The number of aromatic nitrogens is 4. The number of nitrogens with one attached hydrogen (secondary N) is 2. The third kappa shape index (κ3) is 6.45. The molecule has 1 fully saturated rings. The van der Waals surface area contributed by atoms with E-state index in [2.05, 4.69) is 20.0 Å². The number of fused-ring (bicyclic) bond motifs is 1. The standard InChI is InChI=1S/C23H30FN6O8P/c1-12(2)36-22(33)13(3)29-39(34,38-14-7-5-4-6-8-14)35-10-16-15(9-24)18(31)21(37-16)30-11-26-17-19(30)27-23(25)28-20(17)32/h4-8,11-13,15-16,18,21,31H,9-10H2,1-3H3,(H,29,34)(H3,25,27,28,32)/t13-,15-,16-,18-,21-,39?/m1/s1. The highest BCUT2D eigenvalue weighted by Crippen LogP contribution is 2.46. The fourth-order valence-electron chi connectivity index (χ4n) is 4.01. The Morgan fingerprint density at radius 2 is 2.05 bits per heavy atom. The van der Waals surface area contributed by atoms with Crippen molar-refractivity contribution in [2.75, 3.05) is 19.0 Å². The van der Waals surface area contributed by atoms with E-state index in [-0.39, 0.29) is 22.9 Å². The molecule has 0 aliphatic carbocycles. The number of nitrogen functional groups attached to an aromatic ring is 1. The number of hydrogen-bond donors (Lipinski definition) is 4. The van der Waals surface area contributed by atoms with Crippen LogP contribution in [0.15, 0.2) is 41.5 Å². The smallest absolute Gasteiger partial charge is 0.459 e. The first-order valence-corrected chi connectivity index (χ1v) is 13.6. The second kappa shape index (κ2) is 11.8. The molecule has 14 nitrogen and oxygen atoms in total. The van der Waals surface area contributed by atoms with Crippen molar-refractivity contribution in [2.24, 2.45) is 5.92 Å². The summed E-state index contributed by atoms with van der Waals surface area (Å²) >= 11 is 0. The van der Waals surface area contributed by atoms with Gasteiger partial charge in [-0.25, -0.2) is 9.55 Å². The van der Waals surface area contributed by atoms with E-state index in [1.165, 1.54) is 30.0 Å². The highest BCUT2D eigenvalue weighted by Gasteiger charge is 2.47. The molecule has 4 rings (SSSR count). The average molecular weight is 568 g/mol. The zero-order valence-corrected chi connectivity index (χ0v) is 22.3. The van der Waals surface area contributed by atoms with E-state index in [1.807, 2.05) is 0 Å². The lowest BCUT2D eigenvalue weighted by molar-refractivity contribution is -0.149. The molecule has 1 saturated heterocycles. The topological polar surface area (TPSA) is 193 Å². The minimum absolute atomic E-state index is 0.0247. The summed E-state index contributed by atoms with van der Waals surface area (Å²) in [5, 5.41) is 13.4. The van der Waals surface area contributed by atoms with Gasteiger partial charge >= 0.3 is 13.7 Å². The first kappa shape index (κ1) is 28.6. The summed E-state index contributed by atoms with van der Waals surface area (Å²) in [6, 6.07) is 7.01. The first-order valence-electron chi connectivity index (χ1n) is 12.1. The van der Waals surface area contributed by atoms with Crippen molar-refractivity contribution in [1.29, 1.82) is 0 Å². The third-order valence-corrected chi connectivity index (χ3v) is 7.50. The zero-order chi connectivity index (χ0) is 28.3. The van der Waals surface area contributed by atoms with E-state index in [4.69, 9.17) is 24.3 Å². The molecular formula is C23H30FN6O8P. The molecule has 212 valence electrons. The quantitative estimate of drug-likeness (QED) is 0.193. The summed E-state index contributed by atoms with van der Waals surface area (Å²) in [4.78, 5) is 34.8. The van der Waals surface area contributed by atoms with Crippen molar-refractivity contribution in [1.82, 2.24) is 24.6 Å². The van der Waals surface area contributed by atoms with Crippen LogP contribution in [0, 0.1) is 5.92 Å². The number of carbonyl (C=O) groups is 1. The van der Waals surface area contributed by atoms with Crippen LogP contribution in [0.25, 0.3) is 11.2 Å². The van der Waals surface area contributed by atoms with Crippen molar-refractivity contribution in [3.8, 4) is 5.75 Å². The number of hydrogen-bond acceptors (Lipinski definition) is 11. The monoisotopic (exact) mass is 568 g/mol. The average Bonchev–Trinajstić information content (AvgIpc) is 3.43. The van der Waals surface area contributed by atoms with Crippen LogP contribution >= 0.6 is 7.75 Å². The number of esters is 1. The predicted octanol–water partition coefficient (Wildman–Crippen LogP) is 1.68. The van der Waals surface area contributed by atoms with Crippen LogP contribution in [0.1, 0.15) is 27.0 Å². The molecule has 16 heteroatoms. The van der Waals surface area contributed by atoms with Gasteiger partial charge in [0.25, 0.3) is 5.56 Å². The second-order valence-corrected chi connectivity index (χ2v) is 10.9. The van der Waals surface area contributed by atoms with Crippen molar-refractivity contribution in [3.05, 3.63) is 47.0 Å². The Morgan fingerprint density at radius 1 is 1.33 bits per heavy atom. The predicted molar refractivity (Wildman–Crippen MR) is 136 cm³/mol. The minimum Gasteiger partial charge on any atom is -0.462 e. The maximum atomic E-state index is 14.1. The second-order valence-electron chi connectivity index (χ2n) is 9.18. The Morgan fingerprint density at radius 3 is 2.72 bits per heavy atom. The molecule has 3 heterocycles. The van der Waals surface area contributed by atoms with Crippen LogP contribution in [-0.4, -0.2) is 68.2 Å². The van der Waals surface area contributed by atoms with Crippen molar-refractivity contribution >= 4 is 30.8 Å². The molecule has 1 unspecified atom stereocenters. The molecule has 5 N–H and O–H groups in total. The molecule has 1 aliphatic heterocycles. The van der Waals surface area contributed by atoms with Gasteiger partial charge in [-0.2, -0.15) is 10.1 Å². The number of carbonyl (C=O) groups excluding carboxylic acids is 1. The van der Waals surface area contributed by atoms with Crippen molar-refractivity contribution in [2.45, 2.75) is 51.4 Å². The SMILES string of the molecule is CC(C)OC(=O)[C@@H](C)NP(=O)(OC[C@H]1O[C@@H](n2cnc3c(=O)[nH]c(N)nc32)[C@H](O)[C@@H]1CF)Oc1ccccc1. The molecule has 3 aromatic rings. The van der Waals surface area contributed by atoms with E-state index in [0.29, 0.717) is 0 Å². The Hall–Kier alpha value is -3.36. The lowest BCUT2D eigenvalue weighted by Gasteiger charge is -2.25. The number of halogens is 1. The molecule has 0 saturated carbocycles. The number of aliphatic hydroxyl groups excluding tert-OH is 1. The number of imidazole rings is 1. The van der Waals surface area contributed by atoms with Gasteiger partial charge in [0, 0.05) is 5.92 Å². The molecule has 0 spiro atoms. The largest absolute Gasteiger partial charge is 0.462 e. The van der Waals surface area contributed by atoms with Gasteiger partial charge in [0.2, 0.25) is 5.95 Å². The third-order valence-electron chi connectivity index (χ3n) is 5.86. The Kier molecular flexibility index (Phi) is 8.67. The van der Waals surface area contributed by atoms with Gasteiger partial charge in [0.05, 0.1) is 31.8 Å². The van der Waals surface area contributed by atoms with E-state index >= 15 is 0 Å². The molecule has 1 aromatic carbocycles. The number of aromatic amines is 1. The number of para-hydroxylation sites is 1. The summed E-state index contributed by atoms with van der Waals surface area (Å²) in [6.07, 6.45) is -2.93. The maximum absolute atomic E-state index is 14.1. The summed E-state index contributed by atoms with van der Waals surface area (Å²) in [6.45, 7) is 3.26. The lowest BCUT2D eigenvalue weighted by Crippen LogP contribution is -2.37.